The molecule has 1 aliphatic rings. The van der Waals surface area contributed by atoms with Gasteiger partial charge in [0.25, 0.3) is 5.91 Å². The van der Waals surface area contributed by atoms with Crippen LogP contribution in [0.4, 0.5) is 0 Å². The number of H-pyrrole nitrogens is 1. The van der Waals surface area contributed by atoms with Crippen molar-refractivity contribution in [3.8, 4) is 0 Å². The van der Waals surface area contributed by atoms with E-state index >= 15 is 0 Å². The molecule has 1 heterocycles. The highest BCUT2D eigenvalue weighted by atomic mass is 16.2. The Morgan fingerprint density at radius 2 is 2.44 bits per heavy atom. The SMILES string of the molecule is CCC(N)CNC(=O)c1n[nH]c(C2CC2)n1. The van der Waals surface area contributed by atoms with E-state index in [0.29, 0.717) is 12.5 Å². The van der Waals surface area contributed by atoms with Gasteiger partial charge < -0.3 is 11.1 Å². The van der Waals surface area contributed by atoms with Gasteiger partial charge >= 0.3 is 0 Å². The molecule has 0 aliphatic heterocycles. The van der Waals surface area contributed by atoms with Crippen LogP contribution in [-0.2, 0) is 0 Å². The van der Waals surface area contributed by atoms with E-state index in [1.807, 2.05) is 6.92 Å². The topological polar surface area (TPSA) is 96.7 Å². The second kappa shape index (κ2) is 4.61. The fourth-order valence-electron chi connectivity index (χ4n) is 1.36. The summed E-state index contributed by atoms with van der Waals surface area (Å²) in [7, 11) is 0. The van der Waals surface area contributed by atoms with Gasteiger partial charge in [0.1, 0.15) is 5.82 Å². The highest BCUT2D eigenvalue weighted by Crippen LogP contribution is 2.37. The molecule has 1 unspecified atom stereocenters. The smallest absolute Gasteiger partial charge is 0.291 e. The lowest BCUT2D eigenvalue weighted by atomic mass is 10.2. The maximum atomic E-state index is 11.6. The zero-order chi connectivity index (χ0) is 11.5. The first-order chi connectivity index (χ1) is 7.70. The standard InChI is InChI=1S/C10H17N5O/c1-2-7(11)5-12-10(16)9-13-8(14-15-9)6-3-4-6/h6-7H,2-5,11H2,1H3,(H,12,16)(H,13,14,15). The van der Waals surface area contributed by atoms with Crippen LogP contribution < -0.4 is 11.1 Å². The van der Waals surface area contributed by atoms with E-state index in [-0.39, 0.29) is 17.8 Å². The lowest BCUT2D eigenvalue weighted by Gasteiger charge is -2.08. The average Bonchev–Trinajstić information content (AvgIpc) is 3.03. The van der Waals surface area contributed by atoms with Crippen LogP contribution >= 0.6 is 0 Å². The monoisotopic (exact) mass is 223 g/mol. The Bertz CT molecular complexity index is 371. The Kier molecular flexibility index (Phi) is 3.19. The molecule has 0 bridgehead atoms. The highest BCUT2D eigenvalue weighted by molar-refractivity contribution is 5.90. The number of rotatable bonds is 5. The molecule has 0 saturated heterocycles. The normalized spacial score (nSPS) is 17.1. The lowest BCUT2D eigenvalue weighted by Crippen LogP contribution is -2.37. The van der Waals surface area contributed by atoms with Crippen molar-refractivity contribution < 1.29 is 4.79 Å². The number of hydrogen-bond acceptors (Lipinski definition) is 4. The van der Waals surface area contributed by atoms with Gasteiger partial charge in [0.05, 0.1) is 0 Å². The molecule has 6 heteroatoms. The summed E-state index contributed by atoms with van der Waals surface area (Å²) in [6.45, 7) is 2.44. The van der Waals surface area contributed by atoms with Crippen molar-refractivity contribution in [3.05, 3.63) is 11.6 Å². The molecule has 0 radical (unpaired) electrons. The summed E-state index contributed by atoms with van der Waals surface area (Å²) in [5, 5.41) is 9.40. The van der Waals surface area contributed by atoms with Crippen molar-refractivity contribution >= 4 is 5.91 Å². The molecule has 0 spiro atoms. The summed E-state index contributed by atoms with van der Waals surface area (Å²) in [5.41, 5.74) is 5.70. The zero-order valence-electron chi connectivity index (χ0n) is 9.36. The third kappa shape index (κ3) is 2.57. The van der Waals surface area contributed by atoms with Crippen LogP contribution in [0.2, 0.25) is 0 Å². The quantitative estimate of drug-likeness (QED) is 0.662. The minimum Gasteiger partial charge on any atom is -0.348 e. The van der Waals surface area contributed by atoms with Gasteiger partial charge in [-0.15, -0.1) is 5.10 Å². The minimum atomic E-state index is -0.257. The van der Waals surface area contributed by atoms with E-state index in [2.05, 4.69) is 20.5 Å². The summed E-state index contributed by atoms with van der Waals surface area (Å²) in [6.07, 6.45) is 3.11. The maximum absolute atomic E-state index is 11.6. The fraction of sp³-hybridized carbons (Fsp3) is 0.700. The van der Waals surface area contributed by atoms with Crippen molar-refractivity contribution in [1.29, 1.82) is 0 Å². The van der Waals surface area contributed by atoms with Crippen LogP contribution in [0, 0.1) is 0 Å². The average molecular weight is 223 g/mol. The van der Waals surface area contributed by atoms with Gasteiger partial charge in [0.2, 0.25) is 5.82 Å². The van der Waals surface area contributed by atoms with Crippen LogP contribution in [0.5, 0.6) is 0 Å². The van der Waals surface area contributed by atoms with Gasteiger partial charge in [0.15, 0.2) is 0 Å². The number of carbonyl (C=O) groups is 1. The number of amides is 1. The number of nitrogens with one attached hydrogen (secondary N) is 2. The van der Waals surface area contributed by atoms with Crippen LogP contribution in [-0.4, -0.2) is 33.7 Å². The van der Waals surface area contributed by atoms with Crippen molar-refractivity contribution in [2.75, 3.05) is 6.54 Å². The Labute approximate surface area is 94.0 Å². The van der Waals surface area contributed by atoms with Crippen LogP contribution in [0.25, 0.3) is 0 Å². The zero-order valence-corrected chi connectivity index (χ0v) is 9.36. The third-order valence-electron chi connectivity index (χ3n) is 2.72. The van der Waals surface area contributed by atoms with E-state index in [0.717, 1.165) is 25.1 Å². The second-order valence-corrected chi connectivity index (χ2v) is 4.20. The predicted octanol–water partition coefficient (Wildman–Crippen LogP) is 0.149. The molecule has 2 rings (SSSR count). The van der Waals surface area contributed by atoms with Crippen LogP contribution in [0.1, 0.15) is 48.5 Å². The number of carbonyl (C=O) groups excluding carboxylic acids is 1. The van der Waals surface area contributed by atoms with Gasteiger partial charge in [-0.05, 0) is 19.3 Å². The first-order valence-electron chi connectivity index (χ1n) is 5.66. The summed E-state index contributed by atoms with van der Waals surface area (Å²) in [4.78, 5) is 15.8. The van der Waals surface area contributed by atoms with Gasteiger partial charge in [-0.1, -0.05) is 6.92 Å². The Morgan fingerprint density at radius 3 is 3.06 bits per heavy atom. The summed E-state index contributed by atoms with van der Waals surface area (Å²) in [5.74, 6) is 1.26. The van der Waals surface area contributed by atoms with Crippen LogP contribution in [0.15, 0.2) is 0 Å². The number of aromatic amines is 1. The second-order valence-electron chi connectivity index (χ2n) is 4.20. The van der Waals surface area contributed by atoms with Crippen molar-refractivity contribution in [1.82, 2.24) is 20.5 Å². The molecule has 16 heavy (non-hydrogen) atoms. The molecule has 1 aromatic heterocycles. The summed E-state index contributed by atoms with van der Waals surface area (Å²) < 4.78 is 0. The van der Waals surface area contributed by atoms with Gasteiger partial charge in [-0.3, -0.25) is 9.89 Å². The van der Waals surface area contributed by atoms with Gasteiger partial charge in [-0.2, -0.15) is 0 Å². The molecule has 1 fully saturated rings. The third-order valence-corrected chi connectivity index (χ3v) is 2.72. The van der Waals surface area contributed by atoms with E-state index in [9.17, 15) is 4.79 Å². The Hall–Kier alpha value is -1.43. The van der Waals surface area contributed by atoms with Crippen molar-refractivity contribution in [3.63, 3.8) is 0 Å². The van der Waals surface area contributed by atoms with Crippen molar-refractivity contribution in [2.24, 2.45) is 5.73 Å². The first-order valence-corrected chi connectivity index (χ1v) is 5.66. The number of nitrogens with two attached hydrogens (primary N) is 1. The highest BCUT2D eigenvalue weighted by Gasteiger charge is 2.28. The minimum absolute atomic E-state index is 0.00852. The maximum Gasteiger partial charge on any atom is 0.291 e. The molecule has 1 amide bonds. The number of aromatic nitrogens is 3. The van der Waals surface area contributed by atoms with E-state index in [1.54, 1.807) is 0 Å². The molecule has 6 nitrogen and oxygen atoms in total. The van der Waals surface area contributed by atoms with E-state index in [1.165, 1.54) is 0 Å². The fourth-order valence-corrected chi connectivity index (χ4v) is 1.36. The molecule has 1 aliphatic carbocycles. The molecule has 1 aromatic rings. The predicted molar refractivity (Wildman–Crippen MR) is 59.0 cm³/mol. The molecule has 1 atom stereocenters. The summed E-state index contributed by atoms with van der Waals surface area (Å²) in [6, 6.07) is -0.00852. The molecule has 0 aromatic carbocycles. The van der Waals surface area contributed by atoms with E-state index < -0.39 is 0 Å². The van der Waals surface area contributed by atoms with Gasteiger partial charge in [-0.25, -0.2) is 4.98 Å². The Morgan fingerprint density at radius 1 is 1.69 bits per heavy atom. The largest absolute Gasteiger partial charge is 0.348 e. The van der Waals surface area contributed by atoms with E-state index in [4.69, 9.17) is 5.73 Å². The first kappa shape index (κ1) is 11.1. The molecular formula is C10H17N5O. The lowest BCUT2D eigenvalue weighted by molar-refractivity contribution is 0.0941. The number of hydrogen-bond donors (Lipinski definition) is 3. The molecule has 88 valence electrons. The molecular weight excluding hydrogens is 206 g/mol. The molecule has 1 saturated carbocycles. The van der Waals surface area contributed by atoms with Gasteiger partial charge in [0, 0.05) is 18.5 Å². The Balaban J connectivity index is 1.87. The summed E-state index contributed by atoms with van der Waals surface area (Å²) >= 11 is 0. The molecule has 4 N–H and O–H groups in total. The van der Waals surface area contributed by atoms with Crippen molar-refractivity contribution in [2.45, 2.75) is 38.1 Å². The number of nitrogens with zero attached hydrogens (tertiary/aromatic N) is 2. The van der Waals surface area contributed by atoms with Crippen LogP contribution in [0.3, 0.4) is 0 Å².